The van der Waals surface area contributed by atoms with E-state index in [9.17, 15) is 4.79 Å². The van der Waals surface area contributed by atoms with Gasteiger partial charge in [-0.3, -0.25) is 4.79 Å². The maximum atomic E-state index is 11.6. The molecule has 2 aliphatic rings. The third-order valence-corrected chi connectivity index (χ3v) is 3.70. The molecule has 0 bridgehead atoms. The van der Waals surface area contributed by atoms with Gasteiger partial charge in [0.2, 0.25) is 5.91 Å². The molecule has 74 valence electrons. The molecule has 3 unspecified atom stereocenters. The Kier molecular flexibility index (Phi) is 2.50. The number of hydrogen-bond donors (Lipinski definition) is 1. The van der Waals surface area contributed by atoms with E-state index >= 15 is 0 Å². The number of carbonyl (C=O) groups excluding carboxylic acids is 1. The predicted molar refractivity (Wildman–Crippen MR) is 52.6 cm³/mol. The quantitative estimate of drug-likeness (QED) is 0.693. The summed E-state index contributed by atoms with van der Waals surface area (Å²) in [6.07, 6.45) is 3.60. The number of halogens is 1. The minimum Gasteiger partial charge on any atom is -0.352 e. The van der Waals surface area contributed by atoms with Crippen LogP contribution in [0, 0.1) is 17.8 Å². The Hall–Kier alpha value is -0.240. The van der Waals surface area contributed by atoms with Gasteiger partial charge in [0.15, 0.2) is 0 Å². The summed E-state index contributed by atoms with van der Waals surface area (Å²) in [5.41, 5.74) is 0. The molecule has 2 saturated carbocycles. The average molecular weight is 202 g/mol. The normalized spacial score (nSPS) is 38.2. The van der Waals surface area contributed by atoms with Gasteiger partial charge in [-0.25, -0.2) is 0 Å². The van der Waals surface area contributed by atoms with Crippen LogP contribution < -0.4 is 5.32 Å². The van der Waals surface area contributed by atoms with E-state index in [-0.39, 0.29) is 17.9 Å². The number of amides is 1. The summed E-state index contributed by atoms with van der Waals surface area (Å²) in [4.78, 5) is 11.6. The molecule has 0 heterocycles. The lowest BCUT2D eigenvalue weighted by Crippen LogP contribution is -2.37. The van der Waals surface area contributed by atoms with Crippen LogP contribution in [0.15, 0.2) is 0 Å². The summed E-state index contributed by atoms with van der Waals surface area (Å²) in [5.74, 6) is 2.77. The maximum Gasteiger partial charge on any atom is 0.223 e. The second kappa shape index (κ2) is 3.49. The van der Waals surface area contributed by atoms with Crippen molar-refractivity contribution in [3.8, 4) is 0 Å². The van der Waals surface area contributed by atoms with Crippen molar-refractivity contribution in [2.24, 2.45) is 17.8 Å². The molecule has 0 spiro atoms. The van der Waals surface area contributed by atoms with Gasteiger partial charge in [0, 0.05) is 17.8 Å². The van der Waals surface area contributed by atoms with Gasteiger partial charge in [-0.15, -0.1) is 11.6 Å². The molecule has 2 nitrogen and oxygen atoms in total. The van der Waals surface area contributed by atoms with Crippen molar-refractivity contribution in [3.63, 3.8) is 0 Å². The molecule has 0 aromatic rings. The SMILES string of the molecule is CC(CCl)NC(=O)C1CC2CC2C1. The zero-order valence-electron chi connectivity index (χ0n) is 7.92. The van der Waals surface area contributed by atoms with Crippen molar-refractivity contribution in [1.29, 1.82) is 0 Å². The van der Waals surface area contributed by atoms with Gasteiger partial charge in [0.25, 0.3) is 0 Å². The van der Waals surface area contributed by atoms with E-state index in [1.807, 2.05) is 6.92 Å². The maximum absolute atomic E-state index is 11.6. The lowest BCUT2D eigenvalue weighted by molar-refractivity contribution is -0.125. The number of rotatable bonds is 3. The highest BCUT2D eigenvalue weighted by molar-refractivity contribution is 6.18. The fourth-order valence-corrected chi connectivity index (χ4v) is 2.41. The smallest absolute Gasteiger partial charge is 0.223 e. The first-order chi connectivity index (χ1) is 6.20. The van der Waals surface area contributed by atoms with Gasteiger partial charge in [-0.2, -0.15) is 0 Å². The molecule has 0 aromatic carbocycles. The van der Waals surface area contributed by atoms with Gasteiger partial charge >= 0.3 is 0 Å². The predicted octanol–water partition coefficient (Wildman–Crippen LogP) is 1.78. The molecule has 2 rings (SSSR count). The van der Waals surface area contributed by atoms with Crippen LogP contribution in [0.25, 0.3) is 0 Å². The molecule has 1 amide bonds. The van der Waals surface area contributed by atoms with Crippen LogP contribution in [0.2, 0.25) is 0 Å². The summed E-state index contributed by atoms with van der Waals surface area (Å²) in [5, 5.41) is 2.94. The molecule has 0 aliphatic heterocycles. The van der Waals surface area contributed by atoms with Crippen molar-refractivity contribution in [1.82, 2.24) is 5.32 Å². The first kappa shape index (κ1) is 9.32. The lowest BCUT2D eigenvalue weighted by atomic mass is 10.0. The zero-order chi connectivity index (χ0) is 9.42. The summed E-state index contributed by atoms with van der Waals surface area (Å²) in [7, 11) is 0. The van der Waals surface area contributed by atoms with Crippen molar-refractivity contribution in [3.05, 3.63) is 0 Å². The monoisotopic (exact) mass is 201 g/mol. The highest BCUT2D eigenvalue weighted by Gasteiger charge is 2.47. The number of fused-ring (bicyclic) bond motifs is 1. The fraction of sp³-hybridized carbons (Fsp3) is 0.900. The standard InChI is InChI=1S/C10H16ClNO/c1-6(5-11)12-10(13)9-3-7-2-8(7)4-9/h6-9H,2-5H2,1H3,(H,12,13). The minimum absolute atomic E-state index is 0.117. The third-order valence-electron chi connectivity index (χ3n) is 3.23. The fourth-order valence-electron chi connectivity index (χ4n) is 2.33. The van der Waals surface area contributed by atoms with E-state index in [0.717, 1.165) is 24.7 Å². The van der Waals surface area contributed by atoms with Crippen LogP contribution in [-0.2, 0) is 4.79 Å². The number of hydrogen-bond acceptors (Lipinski definition) is 1. The molecule has 3 atom stereocenters. The van der Waals surface area contributed by atoms with E-state index in [0.29, 0.717) is 5.88 Å². The average Bonchev–Trinajstić information content (AvgIpc) is 2.73. The van der Waals surface area contributed by atoms with E-state index in [1.54, 1.807) is 0 Å². The summed E-state index contributed by atoms with van der Waals surface area (Å²) in [6, 6.07) is 0.117. The Labute approximate surface area is 84.0 Å². The van der Waals surface area contributed by atoms with E-state index < -0.39 is 0 Å². The van der Waals surface area contributed by atoms with E-state index in [2.05, 4.69) is 5.32 Å². The second-order valence-electron chi connectivity index (χ2n) is 4.49. The molecule has 0 radical (unpaired) electrons. The van der Waals surface area contributed by atoms with Crippen LogP contribution in [-0.4, -0.2) is 17.8 Å². The van der Waals surface area contributed by atoms with Crippen LogP contribution in [0.4, 0.5) is 0 Å². The Bertz CT molecular complexity index is 209. The van der Waals surface area contributed by atoms with Crippen molar-refractivity contribution < 1.29 is 4.79 Å². The summed E-state index contributed by atoms with van der Waals surface area (Å²) < 4.78 is 0. The van der Waals surface area contributed by atoms with Gasteiger partial charge < -0.3 is 5.32 Å². The first-order valence-electron chi connectivity index (χ1n) is 5.07. The number of nitrogens with one attached hydrogen (secondary N) is 1. The molecule has 2 fully saturated rings. The second-order valence-corrected chi connectivity index (χ2v) is 4.80. The van der Waals surface area contributed by atoms with Gasteiger partial charge in [-0.1, -0.05) is 0 Å². The first-order valence-corrected chi connectivity index (χ1v) is 5.60. The Morgan fingerprint density at radius 1 is 1.46 bits per heavy atom. The molecular formula is C10H16ClNO. The number of carbonyl (C=O) groups is 1. The molecule has 3 heteroatoms. The van der Waals surface area contributed by atoms with Crippen molar-refractivity contribution in [2.75, 3.05) is 5.88 Å². The summed E-state index contributed by atoms with van der Waals surface area (Å²) in [6.45, 7) is 1.95. The van der Waals surface area contributed by atoms with E-state index in [4.69, 9.17) is 11.6 Å². The Morgan fingerprint density at radius 2 is 2.08 bits per heavy atom. The highest BCUT2D eigenvalue weighted by atomic mass is 35.5. The molecule has 2 aliphatic carbocycles. The molecule has 0 aromatic heterocycles. The Morgan fingerprint density at radius 3 is 2.62 bits per heavy atom. The molecule has 13 heavy (non-hydrogen) atoms. The molecule has 0 saturated heterocycles. The largest absolute Gasteiger partial charge is 0.352 e. The van der Waals surface area contributed by atoms with E-state index in [1.165, 1.54) is 6.42 Å². The Balaban J connectivity index is 1.77. The highest BCUT2D eigenvalue weighted by Crippen LogP contribution is 2.54. The lowest BCUT2D eigenvalue weighted by Gasteiger charge is -2.15. The van der Waals surface area contributed by atoms with Crippen LogP contribution in [0.1, 0.15) is 26.2 Å². The number of alkyl halides is 1. The van der Waals surface area contributed by atoms with Crippen LogP contribution >= 0.6 is 11.6 Å². The summed E-state index contributed by atoms with van der Waals surface area (Å²) >= 11 is 5.63. The van der Waals surface area contributed by atoms with Crippen molar-refractivity contribution in [2.45, 2.75) is 32.2 Å². The zero-order valence-corrected chi connectivity index (χ0v) is 8.68. The van der Waals surface area contributed by atoms with Crippen molar-refractivity contribution >= 4 is 17.5 Å². The topological polar surface area (TPSA) is 29.1 Å². The van der Waals surface area contributed by atoms with Gasteiger partial charge in [0.1, 0.15) is 0 Å². The third kappa shape index (κ3) is 1.98. The molecule has 1 N–H and O–H groups in total. The minimum atomic E-state index is 0.117. The van der Waals surface area contributed by atoms with Gasteiger partial charge in [-0.05, 0) is 38.0 Å². The molecular weight excluding hydrogens is 186 g/mol. The van der Waals surface area contributed by atoms with Crippen LogP contribution in [0.5, 0.6) is 0 Å². The van der Waals surface area contributed by atoms with Crippen LogP contribution in [0.3, 0.4) is 0 Å². The van der Waals surface area contributed by atoms with Gasteiger partial charge in [0.05, 0.1) is 0 Å².